The largest absolute Gasteiger partial charge is 0.494 e. The molecule has 0 atom stereocenters. The van der Waals surface area contributed by atoms with E-state index in [9.17, 15) is 4.79 Å². The first kappa shape index (κ1) is 20.5. The molecule has 0 aliphatic rings. The van der Waals surface area contributed by atoms with Crippen molar-refractivity contribution in [2.24, 2.45) is 5.92 Å². The maximum Gasteiger partial charge on any atom is 0.257 e. The average molecular weight is 411 g/mol. The van der Waals surface area contributed by atoms with E-state index >= 15 is 0 Å². The second-order valence-corrected chi connectivity index (χ2v) is 7.41. The average Bonchev–Trinajstić information content (AvgIpc) is 2.53. The molecule has 2 rings (SSSR count). The molecule has 0 bridgehead atoms. The number of carbonyl (C=O) groups is 1. The van der Waals surface area contributed by atoms with Crippen LogP contribution in [-0.4, -0.2) is 17.6 Å². The number of halogens is 2. The second-order valence-electron chi connectivity index (χ2n) is 6.13. The van der Waals surface area contributed by atoms with Crippen LogP contribution in [0.4, 0.5) is 5.69 Å². The van der Waals surface area contributed by atoms with Gasteiger partial charge in [0, 0.05) is 21.3 Å². The van der Waals surface area contributed by atoms with Gasteiger partial charge in [0.05, 0.1) is 6.61 Å². The quantitative estimate of drug-likeness (QED) is 0.613. The summed E-state index contributed by atoms with van der Waals surface area (Å²) in [7, 11) is 0. The number of hydrogen-bond donors (Lipinski definition) is 2. The first-order valence-electron chi connectivity index (χ1n) is 8.15. The molecule has 4 nitrogen and oxygen atoms in total. The molecule has 2 aromatic rings. The third-order valence-electron chi connectivity index (χ3n) is 3.41. The van der Waals surface area contributed by atoms with Gasteiger partial charge in [-0.2, -0.15) is 0 Å². The number of amides is 1. The lowest BCUT2D eigenvalue weighted by atomic mass is 10.1. The van der Waals surface area contributed by atoms with Crippen LogP contribution in [0, 0.1) is 5.92 Å². The Morgan fingerprint density at radius 3 is 2.50 bits per heavy atom. The van der Waals surface area contributed by atoms with E-state index in [1.54, 1.807) is 36.4 Å². The SMILES string of the molecule is CC(C)CCOc1cccc(C(=O)NC(=S)Nc2cc(Cl)cc(Cl)c2)c1. The fraction of sp³-hybridized carbons (Fsp3) is 0.263. The van der Waals surface area contributed by atoms with Crippen LogP contribution in [0.3, 0.4) is 0 Å². The number of thiocarbonyl (C=S) groups is 1. The predicted molar refractivity (Wildman–Crippen MR) is 112 cm³/mol. The molecule has 138 valence electrons. The summed E-state index contributed by atoms with van der Waals surface area (Å²) >= 11 is 17.1. The van der Waals surface area contributed by atoms with Crippen LogP contribution in [0.25, 0.3) is 0 Å². The van der Waals surface area contributed by atoms with E-state index in [2.05, 4.69) is 24.5 Å². The minimum absolute atomic E-state index is 0.152. The van der Waals surface area contributed by atoms with Crippen LogP contribution in [0.5, 0.6) is 5.75 Å². The summed E-state index contributed by atoms with van der Waals surface area (Å²) in [5.74, 6) is 0.883. The van der Waals surface area contributed by atoms with Gasteiger partial charge < -0.3 is 10.1 Å². The van der Waals surface area contributed by atoms with Crippen LogP contribution < -0.4 is 15.4 Å². The van der Waals surface area contributed by atoms with Crippen molar-refractivity contribution in [3.8, 4) is 5.75 Å². The first-order valence-corrected chi connectivity index (χ1v) is 9.31. The number of anilines is 1. The van der Waals surface area contributed by atoms with E-state index in [4.69, 9.17) is 40.2 Å². The lowest BCUT2D eigenvalue weighted by Crippen LogP contribution is -2.34. The van der Waals surface area contributed by atoms with E-state index in [1.807, 2.05) is 6.07 Å². The van der Waals surface area contributed by atoms with Crippen molar-refractivity contribution < 1.29 is 9.53 Å². The summed E-state index contributed by atoms with van der Waals surface area (Å²) in [5.41, 5.74) is 1.05. The van der Waals surface area contributed by atoms with Crippen molar-refractivity contribution in [1.29, 1.82) is 0 Å². The van der Waals surface area contributed by atoms with Crippen LogP contribution >= 0.6 is 35.4 Å². The number of rotatable bonds is 6. The van der Waals surface area contributed by atoms with Crippen LogP contribution in [0.15, 0.2) is 42.5 Å². The first-order chi connectivity index (χ1) is 12.3. The molecule has 0 saturated heterocycles. The fourth-order valence-electron chi connectivity index (χ4n) is 2.10. The van der Waals surface area contributed by atoms with Crippen molar-refractivity contribution in [1.82, 2.24) is 5.32 Å². The Labute approximate surface area is 168 Å². The zero-order valence-corrected chi connectivity index (χ0v) is 16.8. The van der Waals surface area contributed by atoms with Crippen LogP contribution in [0.2, 0.25) is 10.0 Å². The molecule has 2 aromatic carbocycles. The smallest absolute Gasteiger partial charge is 0.257 e. The topological polar surface area (TPSA) is 50.4 Å². The number of nitrogens with one attached hydrogen (secondary N) is 2. The third-order valence-corrected chi connectivity index (χ3v) is 4.05. The van der Waals surface area contributed by atoms with Gasteiger partial charge in [-0.25, -0.2) is 0 Å². The maximum atomic E-state index is 12.4. The van der Waals surface area contributed by atoms with Gasteiger partial charge in [-0.1, -0.05) is 43.1 Å². The number of benzene rings is 2. The Bertz CT molecular complexity index is 777. The molecular weight excluding hydrogens is 391 g/mol. The fourth-order valence-corrected chi connectivity index (χ4v) is 2.84. The highest BCUT2D eigenvalue weighted by molar-refractivity contribution is 7.80. The van der Waals surface area contributed by atoms with Gasteiger partial charge in [-0.15, -0.1) is 0 Å². The van der Waals surface area contributed by atoms with E-state index < -0.39 is 0 Å². The molecule has 0 spiro atoms. The third kappa shape index (κ3) is 6.83. The molecular formula is C19H20Cl2N2O2S. The number of ether oxygens (including phenoxy) is 1. The van der Waals surface area contributed by atoms with E-state index in [-0.39, 0.29) is 11.0 Å². The lowest BCUT2D eigenvalue weighted by Gasteiger charge is -2.12. The predicted octanol–water partition coefficient (Wildman–Crippen LogP) is 5.55. The lowest BCUT2D eigenvalue weighted by molar-refractivity contribution is 0.0977. The molecule has 0 saturated carbocycles. The molecule has 2 N–H and O–H groups in total. The van der Waals surface area contributed by atoms with Gasteiger partial charge in [0.15, 0.2) is 5.11 Å². The highest BCUT2D eigenvalue weighted by Gasteiger charge is 2.10. The molecule has 0 fully saturated rings. The molecule has 0 aliphatic carbocycles. The Hall–Kier alpha value is -1.82. The molecule has 7 heteroatoms. The van der Waals surface area contributed by atoms with Gasteiger partial charge in [0.2, 0.25) is 0 Å². The molecule has 0 radical (unpaired) electrons. The Balaban J connectivity index is 1.95. The Morgan fingerprint density at radius 1 is 1.15 bits per heavy atom. The summed E-state index contributed by atoms with van der Waals surface area (Å²) in [6, 6.07) is 11.9. The summed E-state index contributed by atoms with van der Waals surface area (Å²) in [6.07, 6.45) is 0.951. The van der Waals surface area contributed by atoms with Crippen molar-refractivity contribution >= 4 is 52.1 Å². The number of hydrogen-bond acceptors (Lipinski definition) is 3. The highest BCUT2D eigenvalue weighted by atomic mass is 35.5. The van der Waals surface area contributed by atoms with Crippen molar-refractivity contribution in [2.75, 3.05) is 11.9 Å². The van der Waals surface area contributed by atoms with Gasteiger partial charge in [0.25, 0.3) is 5.91 Å². The molecule has 0 aliphatic heterocycles. The van der Waals surface area contributed by atoms with Crippen LogP contribution in [-0.2, 0) is 0 Å². The minimum Gasteiger partial charge on any atom is -0.494 e. The minimum atomic E-state index is -0.329. The monoisotopic (exact) mass is 410 g/mol. The summed E-state index contributed by atoms with van der Waals surface area (Å²) < 4.78 is 5.68. The van der Waals surface area contributed by atoms with E-state index in [0.717, 1.165) is 6.42 Å². The zero-order valence-electron chi connectivity index (χ0n) is 14.5. The van der Waals surface area contributed by atoms with Crippen molar-refractivity contribution in [2.45, 2.75) is 20.3 Å². The molecule has 0 heterocycles. The maximum absolute atomic E-state index is 12.4. The van der Waals surface area contributed by atoms with Gasteiger partial charge >= 0.3 is 0 Å². The van der Waals surface area contributed by atoms with Gasteiger partial charge in [-0.05, 0) is 61.0 Å². The van der Waals surface area contributed by atoms with E-state index in [1.165, 1.54) is 0 Å². The standard InChI is InChI=1S/C19H20Cl2N2O2S/c1-12(2)6-7-25-17-5-3-4-13(8-17)18(24)23-19(26)22-16-10-14(20)9-15(21)11-16/h3-5,8-12H,6-7H2,1-2H3,(H2,22,23,24,26). The molecule has 0 aromatic heterocycles. The molecule has 26 heavy (non-hydrogen) atoms. The molecule has 0 unspecified atom stereocenters. The summed E-state index contributed by atoms with van der Waals surface area (Å²) in [5, 5.41) is 6.61. The van der Waals surface area contributed by atoms with Gasteiger partial charge in [-0.3, -0.25) is 10.1 Å². The number of carbonyl (C=O) groups excluding carboxylic acids is 1. The Kier molecular flexibility index (Phi) is 7.69. The summed E-state index contributed by atoms with van der Waals surface area (Å²) in [6.45, 7) is 4.88. The zero-order chi connectivity index (χ0) is 19.1. The summed E-state index contributed by atoms with van der Waals surface area (Å²) in [4.78, 5) is 12.4. The van der Waals surface area contributed by atoms with Crippen molar-refractivity contribution in [3.05, 3.63) is 58.1 Å². The normalized spacial score (nSPS) is 10.5. The Morgan fingerprint density at radius 2 is 1.85 bits per heavy atom. The molecule has 1 amide bonds. The van der Waals surface area contributed by atoms with E-state index in [0.29, 0.717) is 39.6 Å². The highest BCUT2D eigenvalue weighted by Crippen LogP contribution is 2.22. The van der Waals surface area contributed by atoms with Crippen molar-refractivity contribution in [3.63, 3.8) is 0 Å². The second kappa shape index (κ2) is 9.76. The van der Waals surface area contributed by atoms with Gasteiger partial charge in [0.1, 0.15) is 5.75 Å². The van der Waals surface area contributed by atoms with Crippen LogP contribution in [0.1, 0.15) is 30.6 Å².